The number of hydrogen-bond acceptors (Lipinski definition) is 4. The van der Waals surface area contributed by atoms with E-state index < -0.39 is 0 Å². The molecule has 3 rings (SSSR count). The van der Waals surface area contributed by atoms with E-state index in [0.29, 0.717) is 12.5 Å². The molecule has 5 heteroatoms. The molecule has 0 bridgehead atoms. The van der Waals surface area contributed by atoms with Crippen molar-refractivity contribution < 1.29 is 9.53 Å². The minimum atomic E-state index is 0.139. The number of hydrogen-bond donors (Lipinski definition) is 0. The first-order valence-corrected chi connectivity index (χ1v) is 9.80. The molecule has 1 aliphatic carbocycles. The van der Waals surface area contributed by atoms with E-state index in [1.165, 1.54) is 4.88 Å². The van der Waals surface area contributed by atoms with Crippen molar-refractivity contribution in [1.82, 2.24) is 4.98 Å². The van der Waals surface area contributed by atoms with E-state index in [4.69, 9.17) is 21.3 Å². The van der Waals surface area contributed by atoms with E-state index in [1.807, 2.05) is 38.1 Å². The molecule has 130 valence electrons. The van der Waals surface area contributed by atoms with Crippen LogP contribution in [0, 0.1) is 5.92 Å². The quantitative estimate of drug-likeness (QED) is 0.525. The zero-order valence-electron chi connectivity index (χ0n) is 14.5. The van der Waals surface area contributed by atoms with Crippen molar-refractivity contribution in [3.05, 3.63) is 34.8 Å². The maximum atomic E-state index is 11.5. The fraction of sp³-hybridized carbons (Fsp3) is 0.474. The van der Waals surface area contributed by atoms with Crippen molar-refractivity contribution in [2.24, 2.45) is 5.92 Å². The van der Waals surface area contributed by atoms with Gasteiger partial charge in [0.25, 0.3) is 0 Å². The van der Waals surface area contributed by atoms with Gasteiger partial charge in [-0.3, -0.25) is 4.79 Å². The predicted molar refractivity (Wildman–Crippen MR) is 101 cm³/mol. The van der Waals surface area contributed by atoms with Crippen molar-refractivity contribution in [2.75, 3.05) is 12.5 Å². The van der Waals surface area contributed by atoms with Crippen molar-refractivity contribution in [1.29, 1.82) is 0 Å². The SMILES string of the molecule is CC.CC(=O)C1Cc2nc(-c3ccc(OCCCCl)cc3)sc2C1. The van der Waals surface area contributed by atoms with Crippen LogP contribution in [0.25, 0.3) is 10.6 Å². The number of rotatable bonds is 6. The van der Waals surface area contributed by atoms with Gasteiger partial charge in [0.1, 0.15) is 16.5 Å². The van der Waals surface area contributed by atoms with Gasteiger partial charge in [-0.15, -0.1) is 22.9 Å². The molecule has 3 nitrogen and oxygen atoms in total. The van der Waals surface area contributed by atoms with Gasteiger partial charge in [-0.25, -0.2) is 4.98 Å². The van der Waals surface area contributed by atoms with Crippen molar-refractivity contribution in [3.8, 4) is 16.3 Å². The number of Topliss-reactive ketones (excluding diaryl/α,β-unsaturated/α-hetero) is 1. The van der Waals surface area contributed by atoms with Gasteiger partial charge in [-0.1, -0.05) is 13.8 Å². The molecule has 0 radical (unpaired) electrons. The number of carbonyl (C=O) groups is 1. The molecule has 1 aromatic carbocycles. The summed E-state index contributed by atoms with van der Waals surface area (Å²) >= 11 is 7.33. The minimum Gasteiger partial charge on any atom is -0.494 e. The molecule has 1 aliphatic rings. The van der Waals surface area contributed by atoms with Crippen LogP contribution in [0.1, 0.15) is 37.8 Å². The summed E-state index contributed by atoms with van der Waals surface area (Å²) in [5, 5.41) is 1.03. The first kappa shape index (κ1) is 18.9. The maximum absolute atomic E-state index is 11.5. The second kappa shape index (κ2) is 9.19. The van der Waals surface area contributed by atoms with Gasteiger partial charge >= 0.3 is 0 Å². The third-order valence-electron chi connectivity index (χ3n) is 3.87. The first-order chi connectivity index (χ1) is 11.7. The predicted octanol–water partition coefficient (Wildman–Crippen LogP) is 5.15. The van der Waals surface area contributed by atoms with Gasteiger partial charge in [0.15, 0.2) is 0 Å². The molecule has 0 saturated heterocycles. The Labute approximate surface area is 153 Å². The highest BCUT2D eigenvalue weighted by molar-refractivity contribution is 7.15. The van der Waals surface area contributed by atoms with Crippen LogP contribution < -0.4 is 4.74 Å². The lowest BCUT2D eigenvalue weighted by Crippen LogP contribution is -2.10. The summed E-state index contributed by atoms with van der Waals surface area (Å²) in [6.07, 6.45) is 2.49. The van der Waals surface area contributed by atoms with E-state index in [0.717, 1.165) is 41.3 Å². The summed E-state index contributed by atoms with van der Waals surface area (Å²) in [5.41, 5.74) is 2.20. The van der Waals surface area contributed by atoms with Gasteiger partial charge in [0.05, 0.1) is 12.3 Å². The summed E-state index contributed by atoms with van der Waals surface area (Å²) in [6, 6.07) is 8.00. The minimum absolute atomic E-state index is 0.139. The number of alkyl halides is 1. The van der Waals surface area contributed by atoms with Gasteiger partial charge in [0.2, 0.25) is 0 Å². The Morgan fingerprint density at radius 2 is 2.00 bits per heavy atom. The van der Waals surface area contributed by atoms with Gasteiger partial charge in [0, 0.05) is 28.7 Å². The third-order valence-corrected chi connectivity index (χ3v) is 5.31. The highest BCUT2D eigenvalue weighted by Gasteiger charge is 2.28. The lowest BCUT2D eigenvalue weighted by molar-refractivity contribution is -0.120. The second-order valence-corrected chi connectivity index (χ2v) is 6.98. The standard InChI is InChI=1S/C17H18ClNO2S.C2H6/c1-11(20)13-9-15-16(10-13)22-17(19-15)12-3-5-14(6-4-12)21-8-2-7-18;1-2/h3-6,13H,2,7-10H2,1H3;1-2H3. The summed E-state index contributed by atoms with van der Waals surface area (Å²) in [4.78, 5) is 17.4. The number of fused-ring (bicyclic) bond motifs is 1. The molecule has 0 amide bonds. The summed E-state index contributed by atoms with van der Waals surface area (Å²) in [5.74, 6) is 1.88. The maximum Gasteiger partial charge on any atom is 0.133 e. The molecule has 0 saturated carbocycles. The summed E-state index contributed by atoms with van der Waals surface area (Å²) in [7, 11) is 0. The molecule has 2 aromatic rings. The van der Waals surface area contributed by atoms with Crippen LogP contribution in [0.3, 0.4) is 0 Å². The topological polar surface area (TPSA) is 39.2 Å². The molecule has 1 aromatic heterocycles. The molecule has 0 N–H and O–H groups in total. The average Bonchev–Trinajstić information content (AvgIpc) is 3.17. The molecule has 0 fully saturated rings. The molecule has 0 spiro atoms. The van der Waals surface area contributed by atoms with Gasteiger partial charge < -0.3 is 4.74 Å². The Morgan fingerprint density at radius 1 is 1.29 bits per heavy atom. The Hall–Kier alpha value is -1.39. The number of nitrogens with zero attached hydrogens (tertiary/aromatic N) is 1. The van der Waals surface area contributed by atoms with Crippen molar-refractivity contribution in [3.63, 3.8) is 0 Å². The zero-order chi connectivity index (χ0) is 17.5. The fourth-order valence-electron chi connectivity index (χ4n) is 2.58. The van der Waals surface area contributed by atoms with Crippen LogP contribution in [0.2, 0.25) is 0 Å². The lowest BCUT2D eigenvalue weighted by atomic mass is 10.0. The van der Waals surface area contributed by atoms with E-state index >= 15 is 0 Å². The number of ketones is 1. The van der Waals surface area contributed by atoms with Crippen molar-refractivity contribution >= 4 is 28.7 Å². The molecule has 24 heavy (non-hydrogen) atoms. The van der Waals surface area contributed by atoms with Gasteiger partial charge in [-0.2, -0.15) is 0 Å². The molecule has 1 heterocycles. The number of halogens is 1. The first-order valence-electron chi connectivity index (χ1n) is 8.45. The van der Waals surface area contributed by atoms with E-state index in [1.54, 1.807) is 18.3 Å². The van der Waals surface area contributed by atoms with Crippen LogP contribution >= 0.6 is 22.9 Å². The highest BCUT2D eigenvalue weighted by Crippen LogP contribution is 2.36. The van der Waals surface area contributed by atoms with E-state index in [-0.39, 0.29) is 11.7 Å². The van der Waals surface area contributed by atoms with E-state index in [9.17, 15) is 4.79 Å². The van der Waals surface area contributed by atoms with Crippen LogP contribution in [0.15, 0.2) is 24.3 Å². The number of carbonyl (C=O) groups excluding carboxylic acids is 1. The smallest absolute Gasteiger partial charge is 0.133 e. The number of benzene rings is 1. The average molecular weight is 366 g/mol. The normalized spacial score (nSPS) is 15.4. The summed E-state index contributed by atoms with van der Waals surface area (Å²) in [6.45, 7) is 6.31. The number of thiazole rings is 1. The second-order valence-electron chi connectivity index (χ2n) is 5.52. The monoisotopic (exact) mass is 365 g/mol. The van der Waals surface area contributed by atoms with Crippen molar-refractivity contribution in [2.45, 2.75) is 40.0 Å². The molecular weight excluding hydrogens is 342 g/mol. The molecule has 1 atom stereocenters. The molecule has 0 aliphatic heterocycles. The number of ether oxygens (including phenoxy) is 1. The van der Waals surface area contributed by atoms with Crippen LogP contribution in [0.4, 0.5) is 0 Å². The fourth-order valence-corrected chi connectivity index (χ4v) is 3.86. The Kier molecular flexibility index (Phi) is 7.25. The zero-order valence-corrected chi connectivity index (χ0v) is 16.0. The van der Waals surface area contributed by atoms with Crippen LogP contribution in [0.5, 0.6) is 5.75 Å². The molecular formula is C19H24ClNO2S. The van der Waals surface area contributed by atoms with Gasteiger partial charge in [-0.05, 0) is 44.0 Å². The van der Waals surface area contributed by atoms with Crippen LogP contribution in [-0.4, -0.2) is 23.3 Å². The van der Waals surface area contributed by atoms with E-state index in [2.05, 4.69) is 0 Å². The highest BCUT2D eigenvalue weighted by atomic mass is 35.5. The largest absolute Gasteiger partial charge is 0.494 e. The van der Waals surface area contributed by atoms with Crippen LogP contribution in [-0.2, 0) is 17.6 Å². The third kappa shape index (κ3) is 4.58. The number of aromatic nitrogens is 1. The lowest BCUT2D eigenvalue weighted by Gasteiger charge is -2.05. The Morgan fingerprint density at radius 3 is 2.58 bits per heavy atom. The molecule has 1 unspecified atom stereocenters. The Bertz CT molecular complexity index is 643. The Balaban J connectivity index is 0.00000100. The summed E-state index contributed by atoms with van der Waals surface area (Å²) < 4.78 is 5.60.